The summed E-state index contributed by atoms with van der Waals surface area (Å²) >= 11 is 1.87. The average Bonchev–Trinajstić information content (AvgIpc) is 3.31. The molecule has 4 aromatic heterocycles. The Hall–Kier alpha value is -3.44. The fraction of sp³-hybridized carbons (Fsp3) is 0.148. The fourth-order valence-electron chi connectivity index (χ4n) is 5.05. The maximum atomic E-state index is 5.16. The van der Waals surface area contributed by atoms with Gasteiger partial charge in [-0.1, -0.05) is 38.1 Å². The van der Waals surface area contributed by atoms with E-state index in [-0.39, 0.29) is 5.41 Å². The van der Waals surface area contributed by atoms with Crippen LogP contribution in [0.15, 0.2) is 78.3 Å². The lowest BCUT2D eigenvalue weighted by molar-refractivity contribution is 0.602. The van der Waals surface area contributed by atoms with Gasteiger partial charge in [0, 0.05) is 62.9 Å². The fourth-order valence-corrected chi connectivity index (χ4v) is 6.35. The molecule has 0 atom stereocenters. The van der Waals surface area contributed by atoms with Gasteiger partial charge < -0.3 is 4.57 Å². The summed E-state index contributed by atoms with van der Waals surface area (Å²) in [5, 5.41) is 6.99. The van der Waals surface area contributed by atoms with E-state index in [1.54, 1.807) is 0 Å². The van der Waals surface area contributed by atoms with Gasteiger partial charge in [0.2, 0.25) is 0 Å². The van der Waals surface area contributed by atoms with Crippen LogP contribution in [0.4, 0.5) is 0 Å². The standard InChI is InChI=1S/C27H20N4S/c1-27(2)15-32-26-21(27)12-16-6-7-17-18(25(16)30-26)4-3-5-22(17)31-23-8-10-28-13-19(23)20-14-29-11-9-24(20)31/h3-14H,15H2,1-2H3. The van der Waals surface area contributed by atoms with E-state index in [1.807, 2.05) is 36.5 Å². The Balaban J connectivity index is 1.59. The molecular formula is C27H20N4S. The minimum atomic E-state index is 0.170. The summed E-state index contributed by atoms with van der Waals surface area (Å²) in [4.78, 5) is 13.9. The van der Waals surface area contributed by atoms with Gasteiger partial charge in [-0.3, -0.25) is 9.97 Å². The first-order valence-electron chi connectivity index (χ1n) is 10.8. The van der Waals surface area contributed by atoms with Gasteiger partial charge in [0.15, 0.2) is 0 Å². The molecule has 1 aliphatic rings. The molecule has 0 bridgehead atoms. The molecule has 0 aliphatic carbocycles. The molecule has 6 aromatic rings. The molecule has 0 N–H and O–H groups in total. The molecule has 1 aliphatic heterocycles. The van der Waals surface area contributed by atoms with Crippen molar-refractivity contribution in [1.82, 2.24) is 19.5 Å². The SMILES string of the molecule is CC1(C)CSc2nc3c(ccc4c(-n5c6ccncc6c6cnccc65)cccc43)cc21. The highest BCUT2D eigenvalue weighted by Gasteiger charge is 2.32. The van der Waals surface area contributed by atoms with E-state index in [9.17, 15) is 0 Å². The van der Waals surface area contributed by atoms with Crippen molar-refractivity contribution in [1.29, 1.82) is 0 Å². The molecule has 2 aromatic carbocycles. The molecule has 0 spiro atoms. The molecule has 0 amide bonds. The van der Waals surface area contributed by atoms with Gasteiger partial charge in [-0.2, -0.15) is 0 Å². The van der Waals surface area contributed by atoms with Crippen LogP contribution in [0, 0.1) is 0 Å². The van der Waals surface area contributed by atoms with Gasteiger partial charge in [0.05, 0.1) is 22.2 Å². The van der Waals surface area contributed by atoms with E-state index >= 15 is 0 Å². The quantitative estimate of drug-likeness (QED) is 0.273. The lowest BCUT2D eigenvalue weighted by Crippen LogP contribution is -2.15. The van der Waals surface area contributed by atoms with E-state index < -0.39 is 0 Å². The number of rotatable bonds is 1. The van der Waals surface area contributed by atoms with Crippen molar-refractivity contribution in [2.75, 3.05) is 5.75 Å². The summed E-state index contributed by atoms with van der Waals surface area (Å²) in [5.41, 5.74) is 6.04. The van der Waals surface area contributed by atoms with E-state index in [1.165, 1.54) is 26.7 Å². The molecule has 4 nitrogen and oxygen atoms in total. The summed E-state index contributed by atoms with van der Waals surface area (Å²) in [7, 11) is 0. The summed E-state index contributed by atoms with van der Waals surface area (Å²) < 4.78 is 2.33. The number of hydrogen-bond donors (Lipinski definition) is 0. The first kappa shape index (κ1) is 18.2. The molecular weight excluding hydrogens is 412 g/mol. The predicted molar refractivity (Wildman–Crippen MR) is 133 cm³/mol. The smallest absolute Gasteiger partial charge is 0.101 e. The Bertz CT molecular complexity index is 1660. The second-order valence-corrected chi connectivity index (χ2v) is 10.1. The van der Waals surface area contributed by atoms with Gasteiger partial charge in [0.25, 0.3) is 0 Å². The van der Waals surface area contributed by atoms with Crippen molar-refractivity contribution in [2.24, 2.45) is 0 Å². The van der Waals surface area contributed by atoms with Crippen LogP contribution < -0.4 is 0 Å². The Labute approximate surface area is 189 Å². The minimum absolute atomic E-state index is 0.170. The number of nitrogens with zero attached hydrogens (tertiary/aromatic N) is 4. The second-order valence-electron chi connectivity index (χ2n) is 9.14. The second kappa shape index (κ2) is 6.30. The predicted octanol–water partition coefficient (Wildman–Crippen LogP) is 6.66. The number of pyridine rings is 3. The van der Waals surface area contributed by atoms with Gasteiger partial charge in [-0.15, -0.1) is 11.8 Å². The van der Waals surface area contributed by atoms with Crippen molar-refractivity contribution in [3.05, 3.63) is 78.9 Å². The molecule has 5 heterocycles. The summed E-state index contributed by atoms with van der Waals surface area (Å²) in [6.45, 7) is 4.62. The van der Waals surface area contributed by atoms with Crippen molar-refractivity contribution in [3.8, 4) is 5.69 Å². The van der Waals surface area contributed by atoms with Crippen LogP contribution >= 0.6 is 11.8 Å². The Kier molecular flexibility index (Phi) is 3.57. The van der Waals surface area contributed by atoms with Crippen LogP contribution in [-0.2, 0) is 5.41 Å². The first-order chi connectivity index (χ1) is 15.6. The lowest BCUT2D eigenvalue weighted by Gasteiger charge is -2.18. The van der Waals surface area contributed by atoms with Gasteiger partial charge in [-0.25, -0.2) is 4.98 Å². The molecule has 32 heavy (non-hydrogen) atoms. The van der Waals surface area contributed by atoms with Crippen LogP contribution in [0.25, 0.3) is 49.2 Å². The van der Waals surface area contributed by atoms with Crippen LogP contribution in [0.3, 0.4) is 0 Å². The van der Waals surface area contributed by atoms with Crippen molar-refractivity contribution < 1.29 is 0 Å². The zero-order chi connectivity index (χ0) is 21.4. The third-order valence-corrected chi connectivity index (χ3v) is 8.14. The Morgan fingerprint density at radius 1 is 0.844 bits per heavy atom. The Morgan fingerprint density at radius 2 is 1.59 bits per heavy atom. The topological polar surface area (TPSA) is 43.6 Å². The highest BCUT2D eigenvalue weighted by molar-refractivity contribution is 7.99. The number of thioether (sulfide) groups is 1. The van der Waals surface area contributed by atoms with E-state index in [0.717, 1.165) is 38.8 Å². The largest absolute Gasteiger partial charge is 0.308 e. The number of benzene rings is 2. The molecule has 154 valence electrons. The van der Waals surface area contributed by atoms with Crippen molar-refractivity contribution in [3.63, 3.8) is 0 Å². The van der Waals surface area contributed by atoms with E-state index in [2.05, 4.69) is 76.9 Å². The van der Waals surface area contributed by atoms with Gasteiger partial charge in [0.1, 0.15) is 5.03 Å². The van der Waals surface area contributed by atoms with Gasteiger partial charge in [-0.05, 0) is 29.8 Å². The van der Waals surface area contributed by atoms with Gasteiger partial charge >= 0.3 is 0 Å². The zero-order valence-corrected chi connectivity index (χ0v) is 18.6. The third-order valence-electron chi connectivity index (χ3n) is 6.69. The van der Waals surface area contributed by atoms with Crippen LogP contribution in [-0.4, -0.2) is 25.3 Å². The molecule has 0 fully saturated rings. The van der Waals surface area contributed by atoms with Crippen LogP contribution in [0.2, 0.25) is 0 Å². The summed E-state index contributed by atoms with van der Waals surface area (Å²) in [5.74, 6) is 1.08. The van der Waals surface area contributed by atoms with E-state index in [4.69, 9.17) is 4.98 Å². The number of fused-ring (bicyclic) bond motifs is 7. The molecule has 0 saturated carbocycles. The minimum Gasteiger partial charge on any atom is -0.308 e. The molecule has 5 heteroatoms. The Morgan fingerprint density at radius 3 is 2.34 bits per heavy atom. The third kappa shape index (κ3) is 2.37. The lowest BCUT2D eigenvalue weighted by atomic mass is 9.87. The summed E-state index contributed by atoms with van der Waals surface area (Å²) in [6.07, 6.45) is 7.57. The summed E-state index contributed by atoms with van der Waals surface area (Å²) in [6, 6.07) is 17.5. The number of hydrogen-bond acceptors (Lipinski definition) is 4. The molecule has 0 saturated heterocycles. The molecule has 0 radical (unpaired) electrons. The molecule has 0 unspecified atom stereocenters. The normalized spacial score (nSPS) is 15.2. The van der Waals surface area contributed by atoms with Crippen LogP contribution in [0.5, 0.6) is 0 Å². The average molecular weight is 433 g/mol. The monoisotopic (exact) mass is 432 g/mol. The molecule has 7 rings (SSSR count). The zero-order valence-electron chi connectivity index (χ0n) is 17.8. The maximum absolute atomic E-state index is 5.16. The van der Waals surface area contributed by atoms with E-state index in [0.29, 0.717) is 0 Å². The maximum Gasteiger partial charge on any atom is 0.101 e. The first-order valence-corrected chi connectivity index (χ1v) is 11.8. The highest BCUT2D eigenvalue weighted by Crippen LogP contribution is 2.44. The van der Waals surface area contributed by atoms with Crippen LogP contribution in [0.1, 0.15) is 19.4 Å². The van der Waals surface area contributed by atoms with Crippen molar-refractivity contribution in [2.45, 2.75) is 24.3 Å². The highest BCUT2D eigenvalue weighted by atomic mass is 32.2. The van der Waals surface area contributed by atoms with Crippen molar-refractivity contribution >= 4 is 55.2 Å². The number of aromatic nitrogens is 4.